The van der Waals surface area contributed by atoms with Gasteiger partial charge in [0.05, 0.1) is 24.3 Å². The quantitative estimate of drug-likeness (QED) is 0.511. The van der Waals surface area contributed by atoms with E-state index in [0.717, 1.165) is 21.3 Å². The van der Waals surface area contributed by atoms with Gasteiger partial charge < -0.3 is 15.4 Å². The van der Waals surface area contributed by atoms with Gasteiger partial charge in [0.1, 0.15) is 11.6 Å². The summed E-state index contributed by atoms with van der Waals surface area (Å²) >= 11 is 3.17. The molecule has 2 heterocycles. The van der Waals surface area contributed by atoms with Crippen molar-refractivity contribution in [2.24, 2.45) is 0 Å². The zero-order valence-electron chi connectivity index (χ0n) is 16.7. The molecule has 2 N–H and O–H groups in total. The van der Waals surface area contributed by atoms with Crippen molar-refractivity contribution in [1.82, 2.24) is 4.98 Å². The number of thioether (sulfide) groups is 2. The molecule has 0 radical (unpaired) electrons. The minimum Gasteiger partial charge on any atom is -0.380 e. The molecule has 1 aliphatic heterocycles. The second kappa shape index (κ2) is 10.5. The second-order valence-corrected chi connectivity index (χ2v) is 8.89. The molecule has 0 atom stereocenters. The lowest BCUT2D eigenvalue weighted by molar-refractivity contribution is 0.101. The Morgan fingerprint density at radius 2 is 1.16 bits per heavy atom. The highest BCUT2D eigenvalue weighted by atomic mass is 32.2. The van der Waals surface area contributed by atoms with Gasteiger partial charge in [-0.2, -0.15) is 0 Å². The van der Waals surface area contributed by atoms with E-state index >= 15 is 0 Å². The van der Waals surface area contributed by atoms with Gasteiger partial charge in [-0.15, -0.1) is 23.5 Å². The van der Waals surface area contributed by atoms with E-state index in [1.165, 1.54) is 0 Å². The molecule has 0 saturated heterocycles. The van der Waals surface area contributed by atoms with Crippen molar-refractivity contribution in [3.8, 4) is 0 Å². The third-order valence-corrected chi connectivity index (χ3v) is 6.54. The molecule has 1 aliphatic rings. The number of amides is 2. The lowest BCUT2D eigenvalue weighted by Gasteiger charge is -2.13. The zero-order chi connectivity index (χ0) is 21.5. The van der Waals surface area contributed by atoms with Crippen LogP contribution >= 0.6 is 23.5 Å². The summed E-state index contributed by atoms with van der Waals surface area (Å²) in [7, 11) is 0. The fourth-order valence-corrected chi connectivity index (χ4v) is 4.85. The Bertz CT molecular complexity index is 1010. The molecule has 0 aliphatic carbocycles. The maximum atomic E-state index is 12.8. The molecule has 1 aromatic heterocycles. The number of hydrogen-bond acceptors (Lipinski definition) is 6. The standard InChI is InChI=1S/C23H21N3O3S2/c27-22-16-6-1-3-8-18(16)30-14-12-29-13-15-31-19-9-4-2-7-17(19)23(28)26-21-11-5-10-20(24-21)25-22/h1-11H,12-15H2,(H2,24,25,26,27,28). The molecule has 2 amide bonds. The number of rotatable bonds is 0. The van der Waals surface area contributed by atoms with Gasteiger partial charge in [0.25, 0.3) is 11.8 Å². The number of benzene rings is 2. The van der Waals surface area contributed by atoms with Gasteiger partial charge >= 0.3 is 0 Å². The normalized spacial score (nSPS) is 15.5. The smallest absolute Gasteiger partial charge is 0.257 e. The number of anilines is 2. The van der Waals surface area contributed by atoms with Crippen molar-refractivity contribution < 1.29 is 14.3 Å². The minimum absolute atomic E-state index is 0.247. The van der Waals surface area contributed by atoms with Crippen molar-refractivity contribution in [3.05, 3.63) is 77.9 Å². The summed E-state index contributed by atoms with van der Waals surface area (Å²) in [4.78, 5) is 31.9. The number of hydrogen-bond donors (Lipinski definition) is 2. The highest BCUT2D eigenvalue weighted by molar-refractivity contribution is 7.99. The summed E-state index contributed by atoms with van der Waals surface area (Å²) < 4.78 is 5.74. The Kier molecular flexibility index (Phi) is 7.24. The van der Waals surface area contributed by atoms with Crippen molar-refractivity contribution in [2.75, 3.05) is 35.4 Å². The molecule has 8 heteroatoms. The number of fused-ring (bicyclic) bond motifs is 4. The molecule has 0 saturated carbocycles. The fourth-order valence-electron chi connectivity index (χ4n) is 3.02. The van der Waals surface area contributed by atoms with Crippen molar-refractivity contribution >= 4 is 47.0 Å². The second-order valence-electron chi connectivity index (χ2n) is 6.62. The maximum Gasteiger partial charge on any atom is 0.257 e. The summed E-state index contributed by atoms with van der Waals surface area (Å²) in [5, 5.41) is 5.65. The van der Waals surface area contributed by atoms with Crippen molar-refractivity contribution in [1.29, 1.82) is 0 Å². The number of nitrogens with zero attached hydrogens (tertiary/aromatic N) is 1. The summed E-state index contributed by atoms with van der Waals surface area (Å²) in [5.74, 6) is 1.72. The SMILES string of the molecule is O=C1Nc2cccc(n2)NC(=O)c2ccccc2SCCOCCSc2ccccc21. The Balaban J connectivity index is 1.62. The van der Waals surface area contributed by atoms with Gasteiger partial charge in [-0.1, -0.05) is 30.3 Å². The van der Waals surface area contributed by atoms with Gasteiger partial charge in [-0.25, -0.2) is 4.98 Å². The van der Waals surface area contributed by atoms with E-state index in [1.54, 1.807) is 53.9 Å². The van der Waals surface area contributed by atoms with E-state index in [1.807, 2.05) is 36.4 Å². The first-order valence-electron chi connectivity index (χ1n) is 9.82. The van der Waals surface area contributed by atoms with Crippen LogP contribution in [0.25, 0.3) is 0 Å². The highest BCUT2D eigenvalue weighted by Gasteiger charge is 2.15. The topological polar surface area (TPSA) is 80.3 Å². The predicted molar refractivity (Wildman–Crippen MR) is 125 cm³/mol. The van der Waals surface area contributed by atoms with E-state index in [0.29, 0.717) is 36.0 Å². The molecular formula is C23H21N3O3S2. The molecule has 6 nitrogen and oxygen atoms in total. The first-order chi connectivity index (χ1) is 15.2. The molecule has 31 heavy (non-hydrogen) atoms. The number of ether oxygens (including phenoxy) is 1. The number of carbonyl (C=O) groups excluding carboxylic acids is 2. The van der Waals surface area contributed by atoms with Gasteiger partial charge in [0.2, 0.25) is 0 Å². The molecule has 4 rings (SSSR count). The molecule has 2 bridgehead atoms. The monoisotopic (exact) mass is 451 g/mol. The number of carbonyl (C=O) groups is 2. The van der Waals surface area contributed by atoms with Gasteiger partial charge in [-0.05, 0) is 36.4 Å². The largest absolute Gasteiger partial charge is 0.380 e. The summed E-state index contributed by atoms with van der Waals surface area (Å²) in [5.41, 5.74) is 1.16. The number of nitrogens with one attached hydrogen (secondary N) is 2. The molecular weight excluding hydrogens is 430 g/mol. The first kappa shape index (κ1) is 21.4. The molecule has 0 spiro atoms. The third kappa shape index (κ3) is 5.66. The lowest BCUT2D eigenvalue weighted by Crippen LogP contribution is -2.17. The summed E-state index contributed by atoms with van der Waals surface area (Å²) in [6.07, 6.45) is 0. The molecule has 158 valence electrons. The van der Waals surface area contributed by atoms with Gasteiger partial charge in [0.15, 0.2) is 0 Å². The van der Waals surface area contributed by atoms with Crippen LogP contribution in [-0.4, -0.2) is 41.5 Å². The lowest BCUT2D eigenvalue weighted by atomic mass is 10.2. The van der Waals surface area contributed by atoms with E-state index in [2.05, 4.69) is 15.6 Å². The van der Waals surface area contributed by atoms with Crippen LogP contribution in [0.15, 0.2) is 76.5 Å². The van der Waals surface area contributed by atoms with Crippen LogP contribution in [0.2, 0.25) is 0 Å². The van der Waals surface area contributed by atoms with Crippen LogP contribution < -0.4 is 10.6 Å². The number of pyridine rings is 1. The van der Waals surface area contributed by atoms with Gasteiger partial charge in [0, 0.05) is 21.3 Å². The highest BCUT2D eigenvalue weighted by Crippen LogP contribution is 2.25. The Hall–Kier alpha value is -2.81. The maximum absolute atomic E-state index is 12.8. The van der Waals surface area contributed by atoms with Crippen LogP contribution in [0.3, 0.4) is 0 Å². The molecule has 2 aromatic carbocycles. The van der Waals surface area contributed by atoms with Crippen LogP contribution in [-0.2, 0) is 4.74 Å². The Morgan fingerprint density at radius 3 is 1.68 bits per heavy atom. The van der Waals surface area contributed by atoms with Crippen LogP contribution in [0, 0.1) is 0 Å². The van der Waals surface area contributed by atoms with Crippen molar-refractivity contribution in [3.63, 3.8) is 0 Å². The van der Waals surface area contributed by atoms with E-state index in [-0.39, 0.29) is 11.8 Å². The van der Waals surface area contributed by atoms with Crippen LogP contribution in [0.1, 0.15) is 20.7 Å². The van der Waals surface area contributed by atoms with Gasteiger partial charge in [-0.3, -0.25) is 9.59 Å². The van der Waals surface area contributed by atoms with Crippen LogP contribution in [0.5, 0.6) is 0 Å². The molecule has 0 unspecified atom stereocenters. The van der Waals surface area contributed by atoms with E-state index in [4.69, 9.17) is 4.74 Å². The number of aromatic nitrogens is 1. The Morgan fingerprint density at radius 1 is 0.677 bits per heavy atom. The fraction of sp³-hybridized carbons (Fsp3) is 0.174. The summed E-state index contributed by atoms with van der Waals surface area (Å²) in [6, 6.07) is 20.0. The summed E-state index contributed by atoms with van der Waals surface area (Å²) in [6.45, 7) is 1.15. The minimum atomic E-state index is -0.247. The van der Waals surface area contributed by atoms with Crippen LogP contribution in [0.4, 0.5) is 11.6 Å². The first-order valence-corrected chi connectivity index (χ1v) is 11.8. The Labute approximate surface area is 189 Å². The zero-order valence-corrected chi connectivity index (χ0v) is 18.3. The predicted octanol–water partition coefficient (Wildman–Crippen LogP) is 4.80. The average molecular weight is 452 g/mol. The average Bonchev–Trinajstić information content (AvgIpc) is 2.78. The molecule has 3 aromatic rings. The third-order valence-electron chi connectivity index (χ3n) is 4.47. The van der Waals surface area contributed by atoms with Crippen molar-refractivity contribution in [2.45, 2.75) is 9.79 Å². The van der Waals surface area contributed by atoms with E-state index < -0.39 is 0 Å². The van der Waals surface area contributed by atoms with E-state index in [9.17, 15) is 9.59 Å². The molecule has 0 fully saturated rings.